The molecule has 3 unspecified atom stereocenters. The van der Waals surface area contributed by atoms with E-state index < -0.39 is 0 Å². The number of hydrogen-bond donors (Lipinski definition) is 0. The first-order chi connectivity index (χ1) is 31.2. The Morgan fingerprint density at radius 1 is 0.578 bits per heavy atom. The lowest BCUT2D eigenvalue weighted by Crippen LogP contribution is -2.24. The molecule has 1 aliphatic heterocycles. The Kier molecular flexibility index (Phi) is 8.05. The van der Waals surface area contributed by atoms with E-state index in [2.05, 4.69) is 213 Å². The van der Waals surface area contributed by atoms with Gasteiger partial charge in [0.25, 0.3) is 0 Å². The topological polar surface area (TPSA) is 28.9 Å². The summed E-state index contributed by atoms with van der Waals surface area (Å²) in [6, 6.07) is 54.1. The highest BCUT2D eigenvalue weighted by Crippen LogP contribution is 2.56. The molecular formula is C60H50N2O2. The summed E-state index contributed by atoms with van der Waals surface area (Å²) in [5, 5.41) is 2.21. The summed E-state index contributed by atoms with van der Waals surface area (Å²) in [5.41, 5.74) is 19.1. The lowest BCUT2D eigenvalue weighted by atomic mass is 9.75. The van der Waals surface area contributed by atoms with Crippen LogP contribution in [0.15, 0.2) is 180 Å². The standard InChI is InChI=1S/C60H50N2O2/c1-59(2)49-21-9-5-17-42(49)44-30-27-40(35-51(44)59)61(39-29-32-56-48(34-39)46-19-7-11-24-54(46)63-56)37-15-13-16-38(33-37)62(53-23-14-26-57-58(53)47-20-8-12-25-55(47)64-57)41-28-31-45-43-18-6-10-22-50(43)60(3,4)52(45)36-41/h5-10,12-21,23,25-36,46,50,54H,11,22,24H2,1-4H3. The minimum atomic E-state index is -0.144. The largest absolute Gasteiger partial charge is 0.489 e. The third kappa shape index (κ3) is 5.41. The first-order valence-electron chi connectivity index (χ1n) is 23.1. The highest BCUT2D eigenvalue weighted by molar-refractivity contribution is 6.13. The van der Waals surface area contributed by atoms with Crippen LogP contribution >= 0.6 is 0 Å². The van der Waals surface area contributed by atoms with Gasteiger partial charge in [-0.25, -0.2) is 0 Å². The van der Waals surface area contributed by atoms with E-state index in [0.717, 1.165) is 81.1 Å². The molecule has 3 atom stereocenters. The Labute approximate surface area is 375 Å². The molecule has 13 rings (SSSR count). The second kappa shape index (κ2) is 13.7. The lowest BCUT2D eigenvalue weighted by Gasteiger charge is -2.32. The normalized spacial score (nSPS) is 20.2. The van der Waals surface area contributed by atoms with E-state index in [0.29, 0.717) is 5.92 Å². The SMILES string of the molecule is CC1(C)c2ccccc2-c2ccc(N(c3cccc(N(c4ccc5c(c4)C(C)(C)C4CC=CC=C54)c4cccc5oc6ccccc6c45)c3)c3ccc4c(c3)C3C=CCCC3O4)cc21. The number of ether oxygens (including phenoxy) is 1. The number of anilines is 6. The summed E-state index contributed by atoms with van der Waals surface area (Å²) in [6.45, 7) is 9.59. The summed E-state index contributed by atoms with van der Waals surface area (Å²) in [4.78, 5) is 4.93. The molecular weight excluding hydrogens is 781 g/mol. The second-order valence-corrected chi connectivity index (χ2v) is 19.5. The van der Waals surface area contributed by atoms with Crippen molar-refractivity contribution in [2.75, 3.05) is 9.80 Å². The molecule has 0 saturated carbocycles. The van der Waals surface area contributed by atoms with Gasteiger partial charge in [0.2, 0.25) is 0 Å². The van der Waals surface area contributed by atoms with Gasteiger partial charge in [-0.3, -0.25) is 0 Å². The van der Waals surface area contributed by atoms with Crippen molar-refractivity contribution in [1.29, 1.82) is 0 Å². The van der Waals surface area contributed by atoms with Gasteiger partial charge in [-0.1, -0.05) is 125 Å². The number of allylic oxidation sites excluding steroid dienone is 5. The van der Waals surface area contributed by atoms with E-state index in [4.69, 9.17) is 9.15 Å². The minimum Gasteiger partial charge on any atom is -0.489 e. The van der Waals surface area contributed by atoms with Crippen molar-refractivity contribution in [3.63, 3.8) is 0 Å². The predicted octanol–water partition coefficient (Wildman–Crippen LogP) is 16.3. The molecule has 0 N–H and O–H groups in total. The predicted molar refractivity (Wildman–Crippen MR) is 264 cm³/mol. The molecule has 0 saturated heterocycles. The van der Waals surface area contributed by atoms with Crippen LogP contribution in [-0.4, -0.2) is 6.10 Å². The van der Waals surface area contributed by atoms with Gasteiger partial charge < -0.3 is 19.0 Å². The molecule has 0 fully saturated rings. The molecule has 4 aliphatic carbocycles. The average Bonchev–Trinajstić information content (AvgIpc) is 4.02. The molecule has 8 aromatic rings. The van der Waals surface area contributed by atoms with Gasteiger partial charge in [0.15, 0.2) is 0 Å². The van der Waals surface area contributed by atoms with Gasteiger partial charge in [0.1, 0.15) is 23.0 Å². The minimum absolute atomic E-state index is 0.0224. The summed E-state index contributed by atoms with van der Waals surface area (Å²) in [6.07, 6.45) is 14.9. The third-order valence-electron chi connectivity index (χ3n) is 15.3. The zero-order valence-corrected chi connectivity index (χ0v) is 36.8. The van der Waals surface area contributed by atoms with Crippen molar-refractivity contribution in [3.05, 3.63) is 204 Å². The van der Waals surface area contributed by atoms with E-state index in [1.807, 2.05) is 0 Å². The van der Waals surface area contributed by atoms with E-state index >= 15 is 0 Å². The maximum Gasteiger partial charge on any atom is 0.137 e. The van der Waals surface area contributed by atoms with Crippen molar-refractivity contribution in [2.24, 2.45) is 5.92 Å². The van der Waals surface area contributed by atoms with E-state index in [9.17, 15) is 0 Å². The van der Waals surface area contributed by atoms with E-state index in [1.165, 1.54) is 44.5 Å². The quantitative estimate of drug-likeness (QED) is 0.156. The summed E-state index contributed by atoms with van der Waals surface area (Å²) in [5.74, 6) is 1.71. The van der Waals surface area contributed by atoms with Crippen molar-refractivity contribution in [2.45, 2.75) is 69.8 Å². The lowest BCUT2D eigenvalue weighted by molar-refractivity contribution is 0.204. The van der Waals surface area contributed by atoms with Crippen LogP contribution < -0.4 is 14.5 Å². The maximum absolute atomic E-state index is 6.57. The molecule has 4 heteroatoms. The van der Waals surface area contributed by atoms with Crippen molar-refractivity contribution < 1.29 is 9.15 Å². The van der Waals surface area contributed by atoms with Gasteiger partial charge in [0.05, 0.1) is 11.1 Å². The Morgan fingerprint density at radius 2 is 1.28 bits per heavy atom. The number of para-hydroxylation sites is 1. The Balaban J connectivity index is 1.02. The van der Waals surface area contributed by atoms with Gasteiger partial charge in [-0.05, 0) is 148 Å². The molecule has 7 aromatic carbocycles. The molecule has 2 heterocycles. The number of benzene rings is 7. The molecule has 0 spiro atoms. The van der Waals surface area contributed by atoms with Gasteiger partial charge >= 0.3 is 0 Å². The van der Waals surface area contributed by atoms with Crippen LogP contribution in [0.2, 0.25) is 0 Å². The Morgan fingerprint density at radius 3 is 2.19 bits per heavy atom. The summed E-state index contributed by atoms with van der Waals surface area (Å²) >= 11 is 0. The first kappa shape index (κ1) is 37.5. The third-order valence-corrected chi connectivity index (χ3v) is 15.3. The van der Waals surface area contributed by atoms with Crippen molar-refractivity contribution in [3.8, 4) is 16.9 Å². The smallest absolute Gasteiger partial charge is 0.137 e. The second-order valence-electron chi connectivity index (χ2n) is 19.5. The summed E-state index contributed by atoms with van der Waals surface area (Å²) < 4.78 is 13.1. The molecule has 4 nitrogen and oxygen atoms in total. The first-order valence-corrected chi connectivity index (χ1v) is 23.1. The number of nitrogens with zero attached hydrogens (tertiary/aromatic N) is 2. The molecule has 312 valence electrons. The van der Waals surface area contributed by atoms with Crippen LogP contribution in [0.5, 0.6) is 5.75 Å². The van der Waals surface area contributed by atoms with Gasteiger partial charge in [0, 0.05) is 50.7 Å². The fourth-order valence-electron chi connectivity index (χ4n) is 12.1. The van der Waals surface area contributed by atoms with E-state index in [1.54, 1.807) is 0 Å². The average molecular weight is 831 g/mol. The fourth-order valence-corrected chi connectivity index (χ4v) is 12.1. The Hall–Kier alpha value is -7.04. The number of rotatable bonds is 6. The monoisotopic (exact) mass is 830 g/mol. The van der Waals surface area contributed by atoms with E-state index in [-0.39, 0.29) is 22.9 Å². The van der Waals surface area contributed by atoms with Crippen LogP contribution in [0, 0.1) is 5.92 Å². The van der Waals surface area contributed by atoms with Gasteiger partial charge in [-0.15, -0.1) is 0 Å². The molecule has 1 aromatic heterocycles. The molecule has 64 heavy (non-hydrogen) atoms. The highest BCUT2D eigenvalue weighted by atomic mass is 16.5. The highest BCUT2D eigenvalue weighted by Gasteiger charge is 2.43. The van der Waals surface area contributed by atoms with Crippen molar-refractivity contribution in [1.82, 2.24) is 0 Å². The van der Waals surface area contributed by atoms with Crippen LogP contribution in [0.25, 0.3) is 38.6 Å². The van der Waals surface area contributed by atoms with Crippen LogP contribution in [0.4, 0.5) is 34.1 Å². The molecule has 0 radical (unpaired) electrons. The van der Waals surface area contributed by atoms with Crippen LogP contribution in [0.3, 0.4) is 0 Å². The summed E-state index contributed by atoms with van der Waals surface area (Å²) in [7, 11) is 0. The fraction of sp³-hybridized carbons (Fsp3) is 0.200. The van der Waals surface area contributed by atoms with Crippen LogP contribution in [0.1, 0.15) is 80.7 Å². The van der Waals surface area contributed by atoms with Gasteiger partial charge in [-0.2, -0.15) is 0 Å². The zero-order chi connectivity index (χ0) is 42.9. The van der Waals surface area contributed by atoms with Crippen LogP contribution in [-0.2, 0) is 10.8 Å². The Bertz CT molecular complexity index is 3340. The molecule has 5 aliphatic rings. The molecule has 0 bridgehead atoms. The molecule has 0 amide bonds. The number of fused-ring (bicyclic) bond motifs is 12. The van der Waals surface area contributed by atoms with Crippen molar-refractivity contribution >= 4 is 61.6 Å². The maximum atomic E-state index is 6.57. The number of furan rings is 1. The number of hydrogen-bond acceptors (Lipinski definition) is 4. The zero-order valence-electron chi connectivity index (χ0n) is 36.8.